The van der Waals surface area contributed by atoms with Crippen LogP contribution in [-0.2, 0) is 9.59 Å². The van der Waals surface area contributed by atoms with Crippen molar-refractivity contribution in [1.29, 1.82) is 0 Å². The number of rotatable bonds is 3. The van der Waals surface area contributed by atoms with Crippen LogP contribution in [0.2, 0.25) is 0 Å². The van der Waals surface area contributed by atoms with E-state index in [1.54, 1.807) is 12.3 Å². The van der Waals surface area contributed by atoms with Crippen molar-refractivity contribution >= 4 is 28.3 Å². The molecule has 0 fully saturated rings. The number of hydrogen-bond donors (Lipinski definition) is 1. The fraction of sp³-hybridized carbons (Fsp3) is 0.125. The number of nitrogens with zero attached hydrogens (tertiary/aromatic N) is 1. The molecule has 0 saturated heterocycles. The average Bonchev–Trinajstić information content (AvgIpc) is 2.48. The minimum Gasteiger partial charge on any atom is -0.545 e. The van der Waals surface area contributed by atoms with Gasteiger partial charge >= 0.3 is 0 Å². The highest BCUT2D eigenvalue weighted by Crippen LogP contribution is 2.13. The molecule has 0 aliphatic carbocycles. The van der Waals surface area contributed by atoms with Gasteiger partial charge in [-0.25, -0.2) is 4.98 Å². The smallest absolute Gasteiger partial charge is 0.250 e. The Balaban J connectivity index is 2.53. The Morgan fingerprint density at radius 1 is 1.57 bits per heavy atom. The van der Waals surface area contributed by atoms with E-state index in [9.17, 15) is 14.7 Å². The Morgan fingerprint density at radius 3 is 2.79 bits per heavy atom. The molecule has 0 spiro atoms. The van der Waals surface area contributed by atoms with Crippen molar-refractivity contribution in [2.45, 2.75) is 6.92 Å². The zero-order valence-corrected chi connectivity index (χ0v) is 8.13. The molecule has 0 aromatic carbocycles. The van der Waals surface area contributed by atoms with Gasteiger partial charge in [-0.3, -0.25) is 10.1 Å². The summed E-state index contributed by atoms with van der Waals surface area (Å²) in [5.41, 5.74) is 0.800. The van der Waals surface area contributed by atoms with Gasteiger partial charge < -0.3 is 9.90 Å². The number of aromatic nitrogens is 1. The van der Waals surface area contributed by atoms with Crippen LogP contribution in [0.5, 0.6) is 0 Å². The van der Waals surface area contributed by atoms with Crippen LogP contribution in [0.15, 0.2) is 17.5 Å². The summed E-state index contributed by atoms with van der Waals surface area (Å²) in [6.45, 7) is 1.79. The molecular weight excluding hydrogens is 204 g/mol. The number of carbonyl (C=O) groups excluding carboxylic acids is 2. The molecule has 1 rings (SSSR count). The van der Waals surface area contributed by atoms with E-state index in [0.29, 0.717) is 11.2 Å². The van der Waals surface area contributed by atoms with E-state index in [1.165, 1.54) is 11.3 Å². The van der Waals surface area contributed by atoms with E-state index in [1.807, 2.05) is 0 Å². The van der Waals surface area contributed by atoms with E-state index < -0.39 is 11.9 Å². The zero-order chi connectivity index (χ0) is 10.6. The molecule has 0 atom stereocenters. The number of carboxylic acids is 1. The molecule has 1 aromatic rings. The Bertz CT molecular complexity index is 384. The summed E-state index contributed by atoms with van der Waals surface area (Å²) < 4.78 is 0. The Morgan fingerprint density at radius 2 is 2.29 bits per heavy atom. The predicted molar refractivity (Wildman–Crippen MR) is 49.6 cm³/mol. The maximum absolute atomic E-state index is 11.0. The lowest BCUT2D eigenvalue weighted by Crippen LogP contribution is -2.20. The van der Waals surface area contributed by atoms with E-state index >= 15 is 0 Å². The minimum absolute atomic E-state index is 0.440. The van der Waals surface area contributed by atoms with E-state index in [0.717, 1.165) is 11.8 Å². The first-order valence-corrected chi connectivity index (χ1v) is 4.58. The number of carbonyl (C=O) groups is 2. The van der Waals surface area contributed by atoms with Crippen LogP contribution >= 0.6 is 11.3 Å². The molecule has 74 valence electrons. The van der Waals surface area contributed by atoms with Gasteiger partial charge in [-0.2, -0.15) is 0 Å². The summed E-state index contributed by atoms with van der Waals surface area (Å²) in [5.74, 6) is -1.95. The largest absolute Gasteiger partial charge is 0.545 e. The number of aliphatic carboxylic acids is 1. The van der Waals surface area contributed by atoms with Crippen LogP contribution in [-0.4, -0.2) is 16.9 Å². The second kappa shape index (κ2) is 4.52. The van der Waals surface area contributed by atoms with Crippen LogP contribution in [0.3, 0.4) is 0 Å². The maximum atomic E-state index is 11.0. The van der Waals surface area contributed by atoms with Gasteiger partial charge in [0.15, 0.2) is 5.13 Å². The Labute approximate surface area is 84.1 Å². The lowest BCUT2D eigenvalue weighted by atomic mass is 10.5. The van der Waals surface area contributed by atoms with Gasteiger partial charge in [0.25, 0.3) is 0 Å². The van der Waals surface area contributed by atoms with Gasteiger partial charge in [0, 0.05) is 11.5 Å². The third-order valence-corrected chi connectivity index (χ3v) is 2.10. The highest BCUT2D eigenvalue weighted by Gasteiger charge is 2.00. The molecule has 0 aliphatic rings. The average molecular weight is 211 g/mol. The van der Waals surface area contributed by atoms with Gasteiger partial charge in [-0.1, -0.05) is 0 Å². The molecule has 5 nitrogen and oxygen atoms in total. The second-order valence-electron chi connectivity index (χ2n) is 2.44. The number of hydrogen-bond acceptors (Lipinski definition) is 5. The van der Waals surface area contributed by atoms with Crippen LogP contribution in [0.1, 0.15) is 5.69 Å². The molecule has 1 N–H and O–H groups in total. The van der Waals surface area contributed by atoms with Gasteiger partial charge in [0.05, 0.1) is 11.7 Å². The maximum Gasteiger partial charge on any atom is 0.250 e. The number of nitrogens with one attached hydrogen (secondary N) is 1. The van der Waals surface area contributed by atoms with Gasteiger partial charge in [0.2, 0.25) is 5.91 Å². The fourth-order valence-electron chi connectivity index (χ4n) is 0.702. The molecule has 0 aliphatic heterocycles. The molecule has 1 heterocycles. The van der Waals surface area contributed by atoms with Gasteiger partial charge in [-0.05, 0) is 13.0 Å². The van der Waals surface area contributed by atoms with Gasteiger partial charge in [0.1, 0.15) is 0 Å². The van der Waals surface area contributed by atoms with Crippen molar-refractivity contribution in [2.24, 2.45) is 0 Å². The van der Waals surface area contributed by atoms with Crippen molar-refractivity contribution in [3.63, 3.8) is 0 Å². The first-order chi connectivity index (χ1) is 6.58. The molecule has 6 heteroatoms. The number of thiazole rings is 1. The van der Waals surface area contributed by atoms with Gasteiger partial charge in [-0.15, -0.1) is 11.3 Å². The van der Waals surface area contributed by atoms with Crippen LogP contribution < -0.4 is 10.4 Å². The standard InChI is InChI=1S/C8H8N2O3S/c1-5-4-14-8(9-5)10-6(11)2-3-7(12)13/h2-4H,1H3,(H,12,13)(H,9,10,11)/p-1/b3-2+. The Kier molecular flexibility index (Phi) is 3.35. The molecule has 0 unspecified atom stereocenters. The fourth-order valence-corrected chi connectivity index (χ4v) is 1.39. The summed E-state index contributed by atoms with van der Waals surface area (Å²) in [4.78, 5) is 24.9. The number of amides is 1. The lowest BCUT2D eigenvalue weighted by molar-refractivity contribution is -0.297. The van der Waals surface area contributed by atoms with Crippen molar-refractivity contribution in [3.05, 3.63) is 23.2 Å². The summed E-state index contributed by atoms with van der Waals surface area (Å²) in [7, 11) is 0. The monoisotopic (exact) mass is 211 g/mol. The topological polar surface area (TPSA) is 82.1 Å². The number of carboxylic acid groups (broad SMARTS) is 1. The lowest BCUT2D eigenvalue weighted by Gasteiger charge is -1.95. The minimum atomic E-state index is -1.41. The summed E-state index contributed by atoms with van der Waals surface area (Å²) >= 11 is 1.27. The number of aryl methyl sites for hydroxylation is 1. The van der Waals surface area contributed by atoms with Crippen LogP contribution in [0.25, 0.3) is 0 Å². The molecule has 0 saturated carbocycles. The van der Waals surface area contributed by atoms with Crippen molar-refractivity contribution in [3.8, 4) is 0 Å². The molecular formula is C8H7N2O3S-. The molecule has 1 aromatic heterocycles. The summed E-state index contributed by atoms with van der Waals surface area (Å²) in [5, 5.41) is 14.6. The third-order valence-electron chi connectivity index (χ3n) is 1.22. The normalized spacial score (nSPS) is 10.4. The van der Waals surface area contributed by atoms with E-state index in [-0.39, 0.29) is 0 Å². The molecule has 14 heavy (non-hydrogen) atoms. The summed E-state index contributed by atoms with van der Waals surface area (Å²) in [6, 6.07) is 0. The van der Waals surface area contributed by atoms with Crippen molar-refractivity contribution in [1.82, 2.24) is 4.98 Å². The van der Waals surface area contributed by atoms with Crippen molar-refractivity contribution < 1.29 is 14.7 Å². The SMILES string of the molecule is Cc1csc(NC(=O)/C=C/C(=O)[O-])n1. The van der Waals surface area contributed by atoms with Crippen molar-refractivity contribution in [2.75, 3.05) is 5.32 Å². The predicted octanol–water partition coefficient (Wildman–Crippen LogP) is -0.304. The highest BCUT2D eigenvalue weighted by atomic mass is 32.1. The zero-order valence-electron chi connectivity index (χ0n) is 7.31. The van der Waals surface area contributed by atoms with E-state index in [4.69, 9.17) is 0 Å². The van der Waals surface area contributed by atoms with Crippen LogP contribution in [0, 0.1) is 6.92 Å². The number of anilines is 1. The quantitative estimate of drug-likeness (QED) is 0.695. The third kappa shape index (κ3) is 3.36. The highest BCUT2D eigenvalue weighted by molar-refractivity contribution is 7.13. The Hall–Kier alpha value is -1.69. The first-order valence-electron chi connectivity index (χ1n) is 3.70. The molecule has 0 radical (unpaired) electrons. The summed E-state index contributed by atoms with van der Waals surface area (Å²) in [6.07, 6.45) is 1.54. The molecule has 1 amide bonds. The van der Waals surface area contributed by atoms with E-state index in [2.05, 4.69) is 10.3 Å². The molecule has 0 bridgehead atoms. The first kappa shape index (κ1) is 10.4. The van der Waals surface area contributed by atoms with Crippen LogP contribution in [0.4, 0.5) is 5.13 Å². The second-order valence-corrected chi connectivity index (χ2v) is 3.29.